The SMILES string of the molecule is NNC(=O)c1cn(C(=O)C(c2ccccc2)c2ccccc2)c2ccccc12. The molecule has 0 unspecified atom stereocenters. The molecule has 0 aliphatic carbocycles. The second kappa shape index (κ2) is 7.50. The number of carbonyl (C=O) groups excluding carboxylic acids is 2. The lowest BCUT2D eigenvalue weighted by molar-refractivity contribution is 0.0898. The molecule has 0 radical (unpaired) electrons. The fraction of sp³-hybridized carbons (Fsp3) is 0.0435. The van der Waals surface area contributed by atoms with Crippen LogP contribution in [-0.2, 0) is 0 Å². The lowest BCUT2D eigenvalue weighted by Crippen LogP contribution is -2.30. The minimum atomic E-state index is -0.494. The van der Waals surface area contributed by atoms with E-state index in [-0.39, 0.29) is 5.91 Å². The third-order valence-corrected chi connectivity index (χ3v) is 4.84. The van der Waals surface area contributed by atoms with Crippen LogP contribution >= 0.6 is 0 Å². The molecule has 5 heteroatoms. The maximum Gasteiger partial charge on any atom is 0.267 e. The number of hydrazine groups is 1. The van der Waals surface area contributed by atoms with Crippen molar-refractivity contribution in [2.45, 2.75) is 5.92 Å². The van der Waals surface area contributed by atoms with Crippen LogP contribution in [0.15, 0.2) is 91.1 Å². The molecule has 4 aromatic rings. The van der Waals surface area contributed by atoms with Crippen molar-refractivity contribution in [3.8, 4) is 0 Å². The number of para-hydroxylation sites is 1. The molecule has 1 aromatic heterocycles. The predicted molar refractivity (Wildman–Crippen MR) is 109 cm³/mol. The number of benzene rings is 3. The number of nitrogens with zero attached hydrogens (tertiary/aromatic N) is 1. The summed E-state index contributed by atoms with van der Waals surface area (Å²) in [6.45, 7) is 0. The molecule has 138 valence electrons. The molecule has 28 heavy (non-hydrogen) atoms. The van der Waals surface area contributed by atoms with Gasteiger partial charge in [-0.25, -0.2) is 5.84 Å². The molecule has 0 fully saturated rings. The first-order chi connectivity index (χ1) is 13.7. The first kappa shape index (κ1) is 17.7. The summed E-state index contributed by atoms with van der Waals surface area (Å²) in [4.78, 5) is 25.9. The highest BCUT2D eigenvalue weighted by molar-refractivity contribution is 6.10. The Morgan fingerprint density at radius 3 is 1.89 bits per heavy atom. The van der Waals surface area contributed by atoms with Crippen molar-refractivity contribution in [1.29, 1.82) is 0 Å². The molecule has 1 amide bonds. The predicted octanol–water partition coefficient (Wildman–Crippen LogP) is 3.72. The van der Waals surface area contributed by atoms with E-state index in [1.807, 2.05) is 84.9 Å². The van der Waals surface area contributed by atoms with Gasteiger partial charge in [0.15, 0.2) is 0 Å². The minimum Gasteiger partial charge on any atom is -0.290 e. The first-order valence-electron chi connectivity index (χ1n) is 8.96. The van der Waals surface area contributed by atoms with Crippen LogP contribution in [0.1, 0.15) is 32.2 Å². The van der Waals surface area contributed by atoms with Crippen LogP contribution in [0.5, 0.6) is 0 Å². The maximum absolute atomic E-state index is 13.7. The standard InChI is InChI=1S/C23H19N3O2/c24-25-22(27)19-15-26(20-14-8-7-13-18(19)20)23(28)21(16-9-3-1-4-10-16)17-11-5-2-6-12-17/h1-15,21H,24H2,(H,25,27). The van der Waals surface area contributed by atoms with E-state index >= 15 is 0 Å². The Bertz CT molecular complexity index is 1090. The van der Waals surface area contributed by atoms with E-state index in [2.05, 4.69) is 5.43 Å². The number of nitrogens with two attached hydrogens (primary N) is 1. The van der Waals surface area contributed by atoms with Gasteiger partial charge in [-0.2, -0.15) is 0 Å². The second-order valence-electron chi connectivity index (χ2n) is 6.50. The van der Waals surface area contributed by atoms with E-state index in [0.29, 0.717) is 16.5 Å². The number of nitrogens with one attached hydrogen (secondary N) is 1. The van der Waals surface area contributed by atoms with Gasteiger partial charge in [0, 0.05) is 11.6 Å². The second-order valence-corrected chi connectivity index (χ2v) is 6.50. The summed E-state index contributed by atoms with van der Waals surface area (Å²) < 4.78 is 1.55. The van der Waals surface area contributed by atoms with Gasteiger partial charge in [0.25, 0.3) is 5.91 Å². The quantitative estimate of drug-likeness (QED) is 0.327. The summed E-state index contributed by atoms with van der Waals surface area (Å²) >= 11 is 0. The van der Waals surface area contributed by atoms with Crippen molar-refractivity contribution in [2.24, 2.45) is 5.84 Å². The Morgan fingerprint density at radius 1 is 0.786 bits per heavy atom. The molecular weight excluding hydrogens is 350 g/mol. The Balaban J connectivity index is 1.90. The van der Waals surface area contributed by atoms with Gasteiger partial charge in [-0.1, -0.05) is 78.9 Å². The molecule has 0 aliphatic rings. The Labute approximate surface area is 162 Å². The number of nitrogen functional groups attached to an aromatic ring is 1. The molecular formula is C23H19N3O2. The lowest BCUT2D eigenvalue weighted by Gasteiger charge is -2.18. The summed E-state index contributed by atoms with van der Waals surface area (Å²) in [5.74, 6) is 4.27. The molecule has 3 aromatic carbocycles. The van der Waals surface area contributed by atoms with Crippen molar-refractivity contribution in [1.82, 2.24) is 9.99 Å². The highest BCUT2D eigenvalue weighted by Gasteiger charge is 2.26. The Morgan fingerprint density at radius 2 is 1.32 bits per heavy atom. The van der Waals surface area contributed by atoms with E-state index in [1.165, 1.54) is 0 Å². The summed E-state index contributed by atoms with van der Waals surface area (Å²) in [5.41, 5.74) is 4.97. The largest absolute Gasteiger partial charge is 0.290 e. The zero-order valence-corrected chi connectivity index (χ0v) is 15.1. The number of hydrogen-bond acceptors (Lipinski definition) is 3. The van der Waals surface area contributed by atoms with Crippen molar-refractivity contribution in [2.75, 3.05) is 0 Å². The number of fused-ring (bicyclic) bond motifs is 1. The molecule has 4 rings (SSSR count). The van der Waals surface area contributed by atoms with E-state index < -0.39 is 11.8 Å². The lowest BCUT2D eigenvalue weighted by atomic mass is 9.90. The number of amides is 1. The van der Waals surface area contributed by atoms with Crippen LogP contribution in [0.2, 0.25) is 0 Å². The van der Waals surface area contributed by atoms with Crippen molar-refractivity contribution < 1.29 is 9.59 Å². The highest BCUT2D eigenvalue weighted by atomic mass is 16.2. The average molecular weight is 369 g/mol. The zero-order chi connectivity index (χ0) is 19.5. The maximum atomic E-state index is 13.7. The summed E-state index contributed by atoms with van der Waals surface area (Å²) in [5, 5.41) is 0.679. The van der Waals surface area contributed by atoms with Crippen molar-refractivity contribution in [3.05, 3.63) is 108 Å². The fourth-order valence-electron chi connectivity index (χ4n) is 3.53. The monoisotopic (exact) mass is 369 g/mol. The number of aromatic nitrogens is 1. The van der Waals surface area contributed by atoms with Crippen LogP contribution in [-0.4, -0.2) is 16.4 Å². The molecule has 0 saturated carbocycles. The third-order valence-electron chi connectivity index (χ3n) is 4.84. The van der Waals surface area contributed by atoms with Crippen LogP contribution in [0, 0.1) is 0 Å². The summed E-state index contributed by atoms with van der Waals surface area (Å²) in [7, 11) is 0. The van der Waals surface area contributed by atoms with Crippen LogP contribution in [0.25, 0.3) is 10.9 Å². The van der Waals surface area contributed by atoms with Crippen molar-refractivity contribution in [3.63, 3.8) is 0 Å². The van der Waals surface area contributed by atoms with Crippen LogP contribution in [0.3, 0.4) is 0 Å². The summed E-state index contributed by atoms with van der Waals surface area (Å²) in [6, 6.07) is 26.6. The Hall–Kier alpha value is -3.70. The molecule has 5 nitrogen and oxygen atoms in total. The number of carbonyl (C=O) groups is 2. The van der Waals surface area contributed by atoms with Gasteiger partial charge in [0.1, 0.15) is 0 Å². The molecule has 0 spiro atoms. The first-order valence-corrected chi connectivity index (χ1v) is 8.96. The van der Waals surface area contributed by atoms with Gasteiger partial charge < -0.3 is 0 Å². The van der Waals surface area contributed by atoms with E-state index in [4.69, 9.17) is 5.84 Å². The molecule has 3 N–H and O–H groups in total. The molecule has 0 atom stereocenters. The topological polar surface area (TPSA) is 77.1 Å². The van der Waals surface area contributed by atoms with Gasteiger partial charge >= 0.3 is 0 Å². The Kier molecular flexibility index (Phi) is 4.74. The minimum absolute atomic E-state index is 0.135. The van der Waals surface area contributed by atoms with E-state index in [0.717, 1.165) is 11.1 Å². The van der Waals surface area contributed by atoms with Crippen LogP contribution in [0.4, 0.5) is 0 Å². The van der Waals surface area contributed by atoms with Crippen molar-refractivity contribution >= 4 is 22.7 Å². The van der Waals surface area contributed by atoms with Gasteiger partial charge in [0.05, 0.1) is 17.0 Å². The molecule has 0 saturated heterocycles. The average Bonchev–Trinajstić information content (AvgIpc) is 3.15. The van der Waals surface area contributed by atoms with Gasteiger partial charge in [0.2, 0.25) is 5.91 Å². The molecule has 0 aliphatic heterocycles. The smallest absolute Gasteiger partial charge is 0.267 e. The normalized spacial score (nSPS) is 10.9. The van der Waals surface area contributed by atoms with Crippen LogP contribution < -0.4 is 11.3 Å². The zero-order valence-electron chi connectivity index (χ0n) is 15.1. The van der Waals surface area contributed by atoms with Gasteiger partial charge in [-0.3, -0.25) is 19.6 Å². The number of hydrogen-bond donors (Lipinski definition) is 2. The number of rotatable bonds is 4. The summed E-state index contributed by atoms with van der Waals surface area (Å²) in [6.07, 6.45) is 1.56. The van der Waals surface area contributed by atoms with Gasteiger partial charge in [-0.15, -0.1) is 0 Å². The molecule has 1 heterocycles. The highest BCUT2D eigenvalue weighted by Crippen LogP contribution is 2.30. The third kappa shape index (κ3) is 3.08. The van der Waals surface area contributed by atoms with E-state index in [1.54, 1.807) is 10.8 Å². The van der Waals surface area contributed by atoms with Gasteiger partial charge in [-0.05, 0) is 17.2 Å². The molecule has 0 bridgehead atoms. The fourth-order valence-corrected chi connectivity index (χ4v) is 3.53. The van der Waals surface area contributed by atoms with E-state index in [9.17, 15) is 9.59 Å².